The summed E-state index contributed by atoms with van der Waals surface area (Å²) in [5.41, 5.74) is 6.26. The number of hydrogen-bond donors (Lipinski definition) is 2. The van der Waals surface area contributed by atoms with E-state index in [1.807, 2.05) is 6.07 Å². The van der Waals surface area contributed by atoms with Crippen molar-refractivity contribution in [1.82, 2.24) is 5.32 Å². The number of nitrogens with two attached hydrogens (primary N) is 1. The second-order valence-electron chi connectivity index (χ2n) is 5.25. The number of primary amides is 1. The van der Waals surface area contributed by atoms with Gasteiger partial charge in [-0.2, -0.15) is 0 Å². The van der Waals surface area contributed by atoms with Crippen LogP contribution in [0.3, 0.4) is 0 Å². The molecular weight excluding hydrogens is 259 g/mol. The van der Waals surface area contributed by atoms with E-state index in [2.05, 4.69) is 5.32 Å². The van der Waals surface area contributed by atoms with E-state index in [4.69, 9.17) is 10.5 Å². The molecule has 1 aliphatic carbocycles. The predicted octanol–water partition coefficient (Wildman–Crippen LogP) is 1.97. The lowest BCUT2D eigenvalue weighted by Gasteiger charge is -2.30. The Morgan fingerprint density at radius 3 is 2.85 bits per heavy atom. The maximum atomic E-state index is 13.6. The number of carbonyl (C=O) groups excluding carboxylic acids is 1. The molecule has 1 amide bonds. The zero-order chi connectivity index (χ0) is 14.5. The van der Waals surface area contributed by atoms with E-state index in [-0.39, 0.29) is 29.4 Å². The first-order valence-electron chi connectivity index (χ1n) is 6.97. The molecule has 0 spiro atoms. The van der Waals surface area contributed by atoms with E-state index in [0.29, 0.717) is 6.54 Å². The third kappa shape index (κ3) is 3.48. The Labute approximate surface area is 118 Å². The van der Waals surface area contributed by atoms with Crippen molar-refractivity contribution in [3.63, 3.8) is 0 Å². The molecule has 4 nitrogen and oxygen atoms in total. The summed E-state index contributed by atoms with van der Waals surface area (Å²) in [5.74, 6) is -0.502. The first-order chi connectivity index (χ1) is 9.61. The van der Waals surface area contributed by atoms with Crippen LogP contribution in [0.2, 0.25) is 0 Å². The van der Waals surface area contributed by atoms with Crippen LogP contribution in [-0.4, -0.2) is 19.1 Å². The van der Waals surface area contributed by atoms with E-state index in [9.17, 15) is 9.18 Å². The monoisotopic (exact) mass is 280 g/mol. The van der Waals surface area contributed by atoms with Crippen LogP contribution in [0.1, 0.15) is 31.2 Å². The molecule has 0 saturated heterocycles. The average molecular weight is 280 g/mol. The molecular formula is C15H21FN2O2. The van der Waals surface area contributed by atoms with Crippen molar-refractivity contribution in [1.29, 1.82) is 0 Å². The van der Waals surface area contributed by atoms with Crippen molar-refractivity contribution < 1.29 is 13.9 Å². The highest BCUT2D eigenvalue weighted by atomic mass is 19.1. The fourth-order valence-electron chi connectivity index (χ4n) is 2.78. The Balaban J connectivity index is 1.96. The molecule has 110 valence electrons. The highest BCUT2D eigenvalue weighted by Gasteiger charge is 2.28. The van der Waals surface area contributed by atoms with Gasteiger partial charge in [0.15, 0.2) is 11.6 Å². The fourth-order valence-corrected chi connectivity index (χ4v) is 2.78. The van der Waals surface area contributed by atoms with Gasteiger partial charge in [0.2, 0.25) is 5.91 Å². The first kappa shape index (κ1) is 14.8. The molecule has 0 unspecified atom stereocenters. The summed E-state index contributed by atoms with van der Waals surface area (Å²) >= 11 is 0. The number of rotatable bonds is 5. The van der Waals surface area contributed by atoms with Crippen LogP contribution in [-0.2, 0) is 11.3 Å². The summed E-state index contributed by atoms with van der Waals surface area (Å²) in [7, 11) is 1.44. The molecule has 2 rings (SSSR count). The molecule has 1 aliphatic rings. The van der Waals surface area contributed by atoms with E-state index in [1.54, 1.807) is 6.07 Å². The second-order valence-corrected chi connectivity index (χ2v) is 5.25. The summed E-state index contributed by atoms with van der Waals surface area (Å²) in [6.07, 6.45) is 3.91. The Hall–Kier alpha value is -1.62. The average Bonchev–Trinajstić information content (AvgIpc) is 2.45. The van der Waals surface area contributed by atoms with Gasteiger partial charge in [0.25, 0.3) is 0 Å². The smallest absolute Gasteiger partial charge is 0.222 e. The van der Waals surface area contributed by atoms with Crippen LogP contribution in [0.25, 0.3) is 0 Å². The lowest BCUT2D eigenvalue weighted by Crippen LogP contribution is -2.44. The summed E-state index contributed by atoms with van der Waals surface area (Å²) in [6.45, 7) is 0.523. The quantitative estimate of drug-likeness (QED) is 0.866. The van der Waals surface area contributed by atoms with Crippen LogP contribution >= 0.6 is 0 Å². The molecule has 1 aromatic rings. The number of amides is 1. The van der Waals surface area contributed by atoms with Gasteiger partial charge in [0.1, 0.15) is 0 Å². The SMILES string of the molecule is COc1ccc(CN[C@H]2CCCC[C@@H]2C(N)=O)cc1F. The number of nitrogens with one attached hydrogen (secondary N) is 1. The van der Waals surface area contributed by atoms with Crippen LogP contribution < -0.4 is 15.8 Å². The zero-order valence-corrected chi connectivity index (χ0v) is 11.7. The minimum atomic E-state index is -0.373. The largest absolute Gasteiger partial charge is 0.494 e. The van der Waals surface area contributed by atoms with Gasteiger partial charge in [-0.1, -0.05) is 18.9 Å². The van der Waals surface area contributed by atoms with E-state index < -0.39 is 0 Å². The summed E-state index contributed by atoms with van der Waals surface area (Å²) in [6, 6.07) is 4.97. The zero-order valence-electron chi connectivity index (χ0n) is 11.7. The van der Waals surface area contributed by atoms with Gasteiger partial charge in [-0.15, -0.1) is 0 Å². The molecule has 1 saturated carbocycles. The summed E-state index contributed by atoms with van der Waals surface area (Å²) in [4.78, 5) is 11.4. The van der Waals surface area contributed by atoms with Gasteiger partial charge in [-0.05, 0) is 30.5 Å². The number of hydrogen-bond acceptors (Lipinski definition) is 3. The third-order valence-electron chi connectivity index (χ3n) is 3.92. The highest BCUT2D eigenvalue weighted by molar-refractivity contribution is 5.77. The van der Waals surface area contributed by atoms with Crippen molar-refractivity contribution in [2.24, 2.45) is 11.7 Å². The standard InChI is InChI=1S/C15H21FN2O2/c1-20-14-7-6-10(8-12(14)16)9-18-13-5-3-2-4-11(13)15(17)19/h6-8,11,13,18H,2-5,9H2,1H3,(H2,17,19)/t11-,13-/m0/s1. The second kappa shape index (κ2) is 6.70. The fraction of sp³-hybridized carbons (Fsp3) is 0.533. The lowest BCUT2D eigenvalue weighted by molar-refractivity contribution is -0.123. The normalized spacial score (nSPS) is 22.5. The van der Waals surface area contributed by atoms with Gasteiger partial charge >= 0.3 is 0 Å². The topological polar surface area (TPSA) is 64.3 Å². The number of benzene rings is 1. The molecule has 0 aliphatic heterocycles. The molecule has 0 aromatic heterocycles. The number of methoxy groups -OCH3 is 1. The summed E-state index contributed by atoms with van der Waals surface area (Å²) in [5, 5.41) is 3.33. The predicted molar refractivity (Wildman–Crippen MR) is 74.7 cm³/mol. The summed E-state index contributed by atoms with van der Waals surface area (Å²) < 4.78 is 18.5. The van der Waals surface area contributed by atoms with Crippen molar-refractivity contribution in [2.75, 3.05) is 7.11 Å². The maximum absolute atomic E-state index is 13.6. The van der Waals surface area contributed by atoms with E-state index in [0.717, 1.165) is 31.2 Å². The molecule has 2 atom stereocenters. The van der Waals surface area contributed by atoms with E-state index >= 15 is 0 Å². The van der Waals surface area contributed by atoms with Crippen molar-refractivity contribution in [2.45, 2.75) is 38.3 Å². The van der Waals surface area contributed by atoms with E-state index in [1.165, 1.54) is 13.2 Å². The van der Waals surface area contributed by atoms with Crippen LogP contribution in [0, 0.1) is 11.7 Å². The lowest BCUT2D eigenvalue weighted by atomic mass is 9.84. The van der Waals surface area contributed by atoms with Crippen LogP contribution in [0.5, 0.6) is 5.75 Å². The third-order valence-corrected chi connectivity index (χ3v) is 3.92. The number of ether oxygens (including phenoxy) is 1. The van der Waals surface area contributed by atoms with Crippen molar-refractivity contribution in [3.05, 3.63) is 29.6 Å². The Morgan fingerprint density at radius 1 is 1.45 bits per heavy atom. The highest BCUT2D eigenvalue weighted by Crippen LogP contribution is 2.25. The molecule has 0 heterocycles. The minimum absolute atomic E-state index is 0.0893. The minimum Gasteiger partial charge on any atom is -0.494 e. The molecule has 0 bridgehead atoms. The van der Waals surface area contributed by atoms with Crippen LogP contribution in [0.15, 0.2) is 18.2 Å². The van der Waals surface area contributed by atoms with Crippen LogP contribution in [0.4, 0.5) is 4.39 Å². The van der Waals surface area contributed by atoms with Gasteiger partial charge in [-0.3, -0.25) is 4.79 Å². The number of carbonyl (C=O) groups is 1. The molecule has 5 heteroatoms. The maximum Gasteiger partial charge on any atom is 0.222 e. The first-order valence-corrected chi connectivity index (χ1v) is 6.97. The Bertz CT molecular complexity index is 479. The van der Waals surface area contributed by atoms with Gasteiger partial charge in [0.05, 0.1) is 13.0 Å². The number of halogens is 1. The van der Waals surface area contributed by atoms with Gasteiger partial charge in [0, 0.05) is 12.6 Å². The molecule has 20 heavy (non-hydrogen) atoms. The molecule has 0 radical (unpaired) electrons. The van der Waals surface area contributed by atoms with Crippen molar-refractivity contribution in [3.8, 4) is 5.75 Å². The van der Waals surface area contributed by atoms with Crippen molar-refractivity contribution >= 4 is 5.91 Å². The molecule has 1 fully saturated rings. The Kier molecular flexibility index (Phi) is 4.95. The molecule has 3 N–H and O–H groups in total. The van der Waals surface area contributed by atoms with Gasteiger partial charge < -0.3 is 15.8 Å². The van der Waals surface area contributed by atoms with Gasteiger partial charge in [-0.25, -0.2) is 4.39 Å². The molecule has 1 aromatic carbocycles. The Morgan fingerprint density at radius 2 is 2.20 bits per heavy atom.